The minimum Gasteiger partial charge on any atom is -0.360 e. The predicted octanol–water partition coefficient (Wildman–Crippen LogP) is 1.91. The van der Waals surface area contributed by atoms with E-state index in [0.29, 0.717) is 5.02 Å². The predicted molar refractivity (Wildman–Crippen MR) is 60.8 cm³/mol. The fourth-order valence-corrected chi connectivity index (χ4v) is 1.22. The Labute approximate surface area is 89.9 Å². The summed E-state index contributed by atoms with van der Waals surface area (Å²) in [4.78, 5) is 6.28. The maximum Gasteiger partial charge on any atom is 0.128 e. The Morgan fingerprint density at radius 1 is 1.57 bits per heavy atom. The van der Waals surface area contributed by atoms with Crippen LogP contribution in [0.2, 0.25) is 5.02 Å². The van der Waals surface area contributed by atoms with Crippen LogP contribution in [0.25, 0.3) is 0 Å². The molecule has 1 rings (SSSR count). The van der Waals surface area contributed by atoms with Gasteiger partial charge in [0.2, 0.25) is 0 Å². The molecule has 0 fully saturated rings. The lowest BCUT2D eigenvalue weighted by Crippen LogP contribution is -2.26. The van der Waals surface area contributed by atoms with Gasteiger partial charge in [0.05, 0.1) is 5.02 Å². The van der Waals surface area contributed by atoms with Crippen molar-refractivity contribution in [2.75, 3.05) is 18.5 Å². The first-order chi connectivity index (χ1) is 6.59. The number of hydrogen-bond acceptors (Lipinski definition) is 3. The van der Waals surface area contributed by atoms with Crippen molar-refractivity contribution < 1.29 is 0 Å². The summed E-state index contributed by atoms with van der Waals surface area (Å²) < 4.78 is 0. The summed E-state index contributed by atoms with van der Waals surface area (Å²) in [5, 5.41) is 0.661. The number of anilines is 1. The van der Waals surface area contributed by atoms with Gasteiger partial charge in [-0.05, 0) is 25.5 Å². The van der Waals surface area contributed by atoms with Crippen LogP contribution < -0.4 is 10.6 Å². The molecule has 1 atom stereocenters. The van der Waals surface area contributed by atoms with Crippen LogP contribution >= 0.6 is 11.6 Å². The number of rotatable bonds is 4. The van der Waals surface area contributed by atoms with Gasteiger partial charge in [-0.1, -0.05) is 11.6 Å². The van der Waals surface area contributed by atoms with Crippen LogP contribution in [0.4, 0.5) is 5.82 Å². The van der Waals surface area contributed by atoms with E-state index in [1.807, 2.05) is 26.1 Å². The van der Waals surface area contributed by atoms with Crippen molar-refractivity contribution in [1.82, 2.24) is 4.98 Å². The van der Waals surface area contributed by atoms with Gasteiger partial charge in [0.1, 0.15) is 5.82 Å². The quantitative estimate of drug-likeness (QED) is 0.831. The number of hydrogen-bond donors (Lipinski definition) is 1. The molecule has 3 nitrogen and oxygen atoms in total. The molecular weight excluding hydrogens is 198 g/mol. The summed E-state index contributed by atoms with van der Waals surface area (Å²) in [7, 11) is 2.00. The summed E-state index contributed by atoms with van der Waals surface area (Å²) >= 11 is 5.74. The molecule has 0 saturated carbocycles. The normalized spacial score (nSPS) is 12.6. The van der Waals surface area contributed by atoms with Crippen LogP contribution in [-0.2, 0) is 0 Å². The van der Waals surface area contributed by atoms with E-state index in [0.717, 1.165) is 18.8 Å². The molecule has 0 aliphatic carbocycles. The summed E-state index contributed by atoms with van der Waals surface area (Å²) in [5.74, 6) is 0.926. The van der Waals surface area contributed by atoms with Crippen molar-refractivity contribution in [1.29, 1.82) is 0 Å². The molecule has 4 heteroatoms. The molecule has 1 aromatic rings. The van der Waals surface area contributed by atoms with Crippen molar-refractivity contribution in [2.45, 2.75) is 19.4 Å². The van der Waals surface area contributed by atoms with Crippen molar-refractivity contribution in [2.24, 2.45) is 5.73 Å². The molecule has 0 aromatic carbocycles. The summed E-state index contributed by atoms with van der Waals surface area (Å²) in [6.45, 7) is 2.91. The van der Waals surface area contributed by atoms with Gasteiger partial charge in [-0.25, -0.2) is 4.98 Å². The van der Waals surface area contributed by atoms with E-state index in [1.54, 1.807) is 6.20 Å². The van der Waals surface area contributed by atoms with Crippen molar-refractivity contribution in [3.05, 3.63) is 23.4 Å². The molecule has 2 N–H and O–H groups in total. The summed E-state index contributed by atoms with van der Waals surface area (Å²) in [5.41, 5.74) is 5.67. The van der Waals surface area contributed by atoms with E-state index in [2.05, 4.69) is 9.88 Å². The highest BCUT2D eigenvalue weighted by Gasteiger charge is 2.02. The third-order valence-electron chi connectivity index (χ3n) is 2.02. The lowest BCUT2D eigenvalue weighted by Gasteiger charge is -2.18. The Kier molecular flexibility index (Phi) is 4.17. The van der Waals surface area contributed by atoms with Gasteiger partial charge in [-0.15, -0.1) is 0 Å². The third-order valence-corrected chi connectivity index (χ3v) is 2.25. The molecule has 1 unspecified atom stereocenters. The first-order valence-corrected chi connectivity index (χ1v) is 5.05. The number of nitrogens with zero attached hydrogens (tertiary/aromatic N) is 2. The van der Waals surface area contributed by atoms with Gasteiger partial charge >= 0.3 is 0 Å². The van der Waals surface area contributed by atoms with Crippen molar-refractivity contribution in [3.63, 3.8) is 0 Å². The summed E-state index contributed by atoms with van der Waals surface area (Å²) in [6, 6.07) is 3.97. The molecule has 0 aliphatic heterocycles. The van der Waals surface area contributed by atoms with Gasteiger partial charge in [0.25, 0.3) is 0 Å². The monoisotopic (exact) mass is 213 g/mol. The van der Waals surface area contributed by atoms with E-state index < -0.39 is 0 Å². The maximum atomic E-state index is 5.74. The maximum absolute atomic E-state index is 5.74. The van der Waals surface area contributed by atoms with E-state index in [1.165, 1.54) is 0 Å². The Bertz CT molecular complexity index is 271. The van der Waals surface area contributed by atoms with E-state index in [4.69, 9.17) is 17.3 Å². The van der Waals surface area contributed by atoms with Crippen molar-refractivity contribution in [3.8, 4) is 0 Å². The van der Waals surface area contributed by atoms with Gasteiger partial charge in [-0.2, -0.15) is 0 Å². The van der Waals surface area contributed by atoms with E-state index >= 15 is 0 Å². The Hall–Kier alpha value is -0.800. The first-order valence-electron chi connectivity index (χ1n) is 4.68. The molecule has 0 aliphatic rings. The van der Waals surface area contributed by atoms with Crippen LogP contribution in [0.5, 0.6) is 0 Å². The highest BCUT2D eigenvalue weighted by molar-refractivity contribution is 6.30. The molecule has 0 amide bonds. The average molecular weight is 214 g/mol. The van der Waals surface area contributed by atoms with Crippen LogP contribution in [0.15, 0.2) is 18.3 Å². The molecule has 0 bridgehead atoms. The topological polar surface area (TPSA) is 42.1 Å². The molecule has 1 heterocycles. The van der Waals surface area contributed by atoms with Crippen LogP contribution in [-0.4, -0.2) is 24.6 Å². The van der Waals surface area contributed by atoms with Gasteiger partial charge < -0.3 is 10.6 Å². The lowest BCUT2D eigenvalue weighted by molar-refractivity contribution is 0.656. The second kappa shape index (κ2) is 5.17. The highest BCUT2D eigenvalue weighted by Crippen LogP contribution is 2.12. The molecule has 0 saturated heterocycles. The number of pyridine rings is 1. The zero-order valence-corrected chi connectivity index (χ0v) is 9.33. The molecule has 1 aromatic heterocycles. The minimum absolute atomic E-state index is 0.227. The SMILES string of the molecule is CC(N)CCN(C)c1ccc(Cl)cn1. The van der Waals surface area contributed by atoms with Crippen molar-refractivity contribution >= 4 is 17.4 Å². The summed E-state index contributed by atoms with van der Waals surface area (Å²) in [6.07, 6.45) is 2.61. The third kappa shape index (κ3) is 3.52. The molecule has 14 heavy (non-hydrogen) atoms. The molecule has 0 spiro atoms. The fraction of sp³-hybridized carbons (Fsp3) is 0.500. The smallest absolute Gasteiger partial charge is 0.128 e. The number of aromatic nitrogens is 1. The Morgan fingerprint density at radius 3 is 2.79 bits per heavy atom. The average Bonchev–Trinajstić information content (AvgIpc) is 2.15. The molecule has 0 radical (unpaired) electrons. The Morgan fingerprint density at radius 2 is 2.29 bits per heavy atom. The van der Waals surface area contributed by atoms with Crippen LogP contribution in [0.1, 0.15) is 13.3 Å². The largest absolute Gasteiger partial charge is 0.360 e. The van der Waals surface area contributed by atoms with Gasteiger partial charge in [0, 0.05) is 25.8 Å². The zero-order valence-electron chi connectivity index (χ0n) is 8.57. The first kappa shape index (κ1) is 11.3. The van der Waals surface area contributed by atoms with Crippen LogP contribution in [0, 0.1) is 0 Å². The minimum atomic E-state index is 0.227. The molecule has 78 valence electrons. The van der Waals surface area contributed by atoms with Gasteiger partial charge in [-0.3, -0.25) is 0 Å². The number of nitrogens with two attached hydrogens (primary N) is 1. The zero-order chi connectivity index (χ0) is 10.6. The van der Waals surface area contributed by atoms with Gasteiger partial charge in [0.15, 0.2) is 0 Å². The van der Waals surface area contributed by atoms with Crippen LogP contribution in [0.3, 0.4) is 0 Å². The van der Waals surface area contributed by atoms with E-state index in [9.17, 15) is 0 Å². The Balaban J connectivity index is 2.52. The fourth-order valence-electron chi connectivity index (χ4n) is 1.11. The second-order valence-electron chi connectivity index (χ2n) is 3.52. The highest BCUT2D eigenvalue weighted by atomic mass is 35.5. The standard InChI is InChI=1S/C10H16ClN3/c1-8(12)5-6-14(2)10-4-3-9(11)7-13-10/h3-4,7-8H,5-6,12H2,1-2H3. The lowest BCUT2D eigenvalue weighted by atomic mass is 10.2. The van der Waals surface area contributed by atoms with E-state index in [-0.39, 0.29) is 6.04 Å². The molecular formula is C10H16ClN3. The second-order valence-corrected chi connectivity index (χ2v) is 3.96. The number of halogens is 1.